The van der Waals surface area contributed by atoms with Gasteiger partial charge in [0.05, 0.1) is 18.1 Å². The van der Waals surface area contributed by atoms with Crippen molar-refractivity contribution in [1.82, 2.24) is 4.90 Å². The summed E-state index contributed by atoms with van der Waals surface area (Å²) in [7, 11) is 0. The van der Waals surface area contributed by atoms with Crippen LogP contribution in [0.25, 0.3) is 6.08 Å². The summed E-state index contributed by atoms with van der Waals surface area (Å²) in [6, 6.07) is 9.50. The molecule has 1 heterocycles. The molecule has 1 saturated heterocycles. The lowest BCUT2D eigenvalue weighted by Gasteiger charge is -2.17. The molecule has 0 bridgehead atoms. The van der Waals surface area contributed by atoms with Crippen LogP contribution < -0.4 is 9.47 Å². The number of hydrogen-bond acceptors (Lipinski definition) is 6. The molecule has 1 fully saturated rings. The van der Waals surface area contributed by atoms with Gasteiger partial charge in [0.2, 0.25) is 0 Å². The number of phenols is 1. The Balaban J connectivity index is 1.75. The van der Waals surface area contributed by atoms with Crippen LogP contribution in [0.2, 0.25) is 0 Å². The molecule has 34 heavy (non-hydrogen) atoms. The maximum absolute atomic E-state index is 12.9. The number of nitrogens with zero attached hydrogens (tertiary/aromatic N) is 1. The highest BCUT2D eigenvalue weighted by atomic mass is 32.2. The first-order valence-corrected chi connectivity index (χ1v) is 12.1. The van der Waals surface area contributed by atoms with Crippen molar-refractivity contribution in [3.05, 3.63) is 70.1 Å². The Morgan fingerprint density at radius 1 is 1.15 bits per heavy atom. The zero-order valence-corrected chi connectivity index (χ0v) is 20.9. The summed E-state index contributed by atoms with van der Waals surface area (Å²) in [4.78, 5) is 27.0. The number of ether oxygens (including phenoxy) is 2. The van der Waals surface area contributed by atoms with Crippen LogP contribution in [0.1, 0.15) is 48.9 Å². The molecule has 180 valence electrons. The molecule has 0 unspecified atom stereocenters. The average molecular weight is 482 g/mol. The number of phenolic OH excluding ortho intramolecular Hbond substituents is 1. The van der Waals surface area contributed by atoms with E-state index in [4.69, 9.17) is 9.47 Å². The molecule has 1 N–H and O–H groups in total. The summed E-state index contributed by atoms with van der Waals surface area (Å²) >= 11 is 0.896. The van der Waals surface area contributed by atoms with Gasteiger partial charge in [0.1, 0.15) is 12.4 Å². The highest BCUT2D eigenvalue weighted by Gasteiger charge is 2.35. The van der Waals surface area contributed by atoms with Gasteiger partial charge in [-0.3, -0.25) is 14.5 Å². The monoisotopic (exact) mass is 481 g/mol. The molecule has 0 saturated carbocycles. The maximum atomic E-state index is 12.9. The first-order valence-electron chi connectivity index (χ1n) is 11.3. The number of amides is 2. The minimum Gasteiger partial charge on any atom is -0.504 e. The van der Waals surface area contributed by atoms with E-state index >= 15 is 0 Å². The number of aromatic hydroxyl groups is 1. The normalized spacial score (nSPS) is 14.9. The third-order valence-electron chi connectivity index (χ3n) is 5.38. The molecule has 0 radical (unpaired) electrons. The van der Waals surface area contributed by atoms with E-state index in [-0.39, 0.29) is 30.0 Å². The van der Waals surface area contributed by atoms with Gasteiger partial charge in [0.15, 0.2) is 11.5 Å². The highest BCUT2D eigenvalue weighted by molar-refractivity contribution is 8.18. The molecule has 3 rings (SSSR count). The quantitative estimate of drug-likeness (QED) is 0.328. The van der Waals surface area contributed by atoms with Crippen LogP contribution in [-0.4, -0.2) is 40.9 Å². The standard InChI is InChI=1S/C27H31NO5S/c1-6-8-20-14-19(15-23(25(20)29)32-7-2)16-24-26(30)28(27(31)34-24)11-12-33-22-13-18(5)9-10-21(22)17(3)4/h6,9-10,13-17,29H,1,7-8,11-12H2,2-5H3/b24-16-. The van der Waals surface area contributed by atoms with Gasteiger partial charge in [-0.25, -0.2) is 0 Å². The number of thioether (sulfide) groups is 1. The topological polar surface area (TPSA) is 76.1 Å². The molecule has 0 spiro atoms. The number of hydrogen-bond donors (Lipinski definition) is 1. The number of carbonyl (C=O) groups excluding carboxylic acids is 2. The van der Waals surface area contributed by atoms with Gasteiger partial charge >= 0.3 is 0 Å². The molecule has 2 aromatic rings. The van der Waals surface area contributed by atoms with E-state index in [1.165, 1.54) is 4.90 Å². The van der Waals surface area contributed by atoms with E-state index < -0.39 is 0 Å². The molecular weight excluding hydrogens is 450 g/mol. The molecule has 1 aliphatic heterocycles. The first kappa shape index (κ1) is 25.4. The Kier molecular flexibility index (Phi) is 8.45. The Bertz CT molecular complexity index is 1120. The summed E-state index contributed by atoms with van der Waals surface area (Å²) in [5.74, 6) is 1.11. The van der Waals surface area contributed by atoms with E-state index in [0.717, 1.165) is 28.6 Å². The van der Waals surface area contributed by atoms with Crippen molar-refractivity contribution in [1.29, 1.82) is 0 Å². The van der Waals surface area contributed by atoms with E-state index in [1.807, 2.05) is 32.0 Å². The molecule has 2 aromatic carbocycles. The fourth-order valence-electron chi connectivity index (χ4n) is 3.68. The van der Waals surface area contributed by atoms with Gasteiger partial charge in [-0.2, -0.15) is 0 Å². The molecule has 2 amide bonds. The first-order chi connectivity index (χ1) is 16.2. The second-order valence-corrected chi connectivity index (χ2v) is 9.32. The van der Waals surface area contributed by atoms with E-state index in [2.05, 4.69) is 20.4 Å². The fourth-order valence-corrected chi connectivity index (χ4v) is 4.55. The minimum atomic E-state index is -0.358. The predicted octanol–water partition coefficient (Wildman–Crippen LogP) is 6.07. The zero-order valence-electron chi connectivity index (χ0n) is 20.1. The smallest absolute Gasteiger partial charge is 0.293 e. The number of rotatable bonds is 10. The van der Waals surface area contributed by atoms with Gasteiger partial charge in [-0.05, 0) is 78.9 Å². The summed E-state index contributed by atoms with van der Waals surface area (Å²) in [5, 5.41) is 10.1. The van der Waals surface area contributed by atoms with Gasteiger partial charge in [0.25, 0.3) is 11.1 Å². The number of benzene rings is 2. The molecule has 1 aliphatic rings. The summed E-state index contributed by atoms with van der Waals surface area (Å²) in [6.07, 6.45) is 3.78. The van der Waals surface area contributed by atoms with Crippen LogP contribution in [0.3, 0.4) is 0 Å². The molecule has 6 nitrogen and oxygen atoms in total. The molecule has 0 atom stereocenters. The van der Waals surface area contributed by atoms with Gasteiger partial charge < -0.3 is 14.6 Å². The maximum Gasteiger partial charge on any atom is 0.293 e. The molecule has 0 aliphatic carbocycles. The fraction of sp³-hybridized carbons (Fsp3) is 0.333. The SMILES string of the molecule is C=CCc1cc(/C=C2\SC(=O)N(CCOc3cc(C)ccc3C(C)C)C2=O)cc(OCC)c1O. The number of allylic oxidation sites excluding steroid dienone is 1. The summed E-state index contributed by atoms with van der Waals surface area (Å²) in [5.41, 5.74) is 3.48. The van der Waals surface area contributed by atoms with Crippen LogP contribution in [-0.2, 0) is 11.2 Å². The third-order valence-corrected chi connectivity index (χ3v) is 6.28. The van der Waals surface area contributed by atoms with Crippen molar-refractivity contribution in [3.8, 4) is 17.2 Å². The number of imide groups is 1. The van der Waals surface area contributed by atoms with Gasteiger partial charge in [0, 0.05) is 5.56 Å². The molecule has 0 aromatic heterocycles. The van der Waals surface area contributed by atoms with Crippen LogP contribution in [0.4, 0.5) is 4.79 Å². The Labute approximate surface area is 205 Å². The second-order valence-electron chi connectivity index (χ2n) is 8.33. The predicted molar refractivity (Wildman–Crippen MR) is 137 cm³/mol. The van der Waals surface area contributed by atoms with Crippen LogP contribution >= 0.6 is 11.8 Å². The zero-order chi connectivity index (χ0) is 24.8. The van der Waals surface area contributed by atoms with Crippen molar-refractivity contribution < 1.29 is 24.2 Å². The van der Waals surface area contributed by atoms with Crippen molar-refractivity contribution in [2.24, 2.45) is 0 Å². The second kappa shape index (κ2) is 11.3. The highest BCUT2D eigenvalue weighted by Crippen LogP contribution is 2.36. The van der Waals surface area contributed by atoms with Crippen molar-refractivity contribution in [2.75, 3.05) is 19.8 Å². The molecule has 7 heteroatoms. The third kappa shape index (κ3) is 5.83. The van der Waals surface area contributed by atoms with E-state index in [1.54, 1.807) is 24.3 Å². The van der Waals surface area contributed by atoms with Crippen LogP contribution in [0.5, 0.6) is 17.2 Å². The number of aryl methyl sites for hydroxylation is 1. The van der Waals surface area contributed by atoms with Crippen LogP contribution in [0.15, 0.2) is 47.9 Å². The van der Waals surface area contributed by atoms with Crippen molar-refractivity contribution >= 4 is 29.0 Å². The Hall–Kier alpha value is -3.19. The summed E-state index contributed by atoms with van der Waals surface area (Å²) in [6.45, 7) is 12.5. The lowest BCUT2D eigenvalue weighted by Crippen LogP contribution is -2.32. The van der Waals surface area contributed by atoms with E-state index in [9.17, 15) is 14.7 Å². The van der Waals surface area contributed by atoms with Gasteiger partial charge in [-0.1, -0.05) is 32.1 Å². The minimum absolute atomic E-state index is 0.0565. The van der Waals surface area contributed by atoms with E-state index in [0.29, 0.717) is 40.7 Å². The Morgan fingerprint density at radius 3 is 2.59 bits per heavy atom. The largest absolute Gasteiger partial charge is 0.504 e. The van der Waals surface area contributed by atoms with Crippen molar-refractivity contribution in [2.45, 2.75) is 40.0 Å². The molecular formula is C27H31NO5S. The lowest BCUT2D eigenvalue weighted by molar-refractivity contribution is -0.123. The van der Waals surface area contributed by atoms with Crippen LogP contribution in [0, 0.1) is 6.92 Å². The Morgan fingerprint density at radius 2 is 1.91 bits per heavy atom. The van der Waals surface area contributed by atoms with Crippen molar-refractivity contribution in [3.63, 3.8) is 0 Å². The van der Waals surface area contributed by atoms with Gasteiger partial charge in [-0.15, -0.1) is 6.58 Å². The summed E-state index contributed by atoms with van der Waals surface area (Å²) < 4.78 is 11.5. The number of carbonyl (C=O) groups is 2. The average Bonchev–Trinajstić information content (AvgIpc) is 3.04. The lowest BCUT2D eigenvalue weighted by atomic mass is 10.0.